The normalized spacial score (nSPS) is 19.9. The van der Waals surface area contributed by atoms with Crippen LogP contribution in [0.2, 0.25) is 0 Å². The van der Waals surface area contributed by atoms with E-state index in [1.807, 2.05) is 25.1 Å². The number of piperidine rings is 1. The van der Waals surface area contributed by atoms with Crippen LogP contribution in [0.5, 0.6) is 0 Å². The maximum Gasteiger partial charge on any atom is 0.225 e. The van der Waals surface area contributed by atoms with Crippen molar-refractivity contribution in [2.45, 2.75) is 33.1 Å². The lowest BCUT2D eigenvalue weighted by Gasteiger charge is -2.30. The van der Waals surface area contributed by atoms with Gasteiger partial charge in [0.05, 0.1) is 0 Å². The third-order valence-corrected chi connectivity index (χ3v) is 4.73. The summed E-state index contributed by atoms with van der Waals surface area (Å²) < 4.78 is 1.07. The van der Waals surface area contributed by atoms with Crippen molar-refractivity contribution in [3.63, 3.8) is 0 Å². The predicted molar refractivity (Wildman–Crippen MR) is 87.0 cm³/mol. The summed E-state index contributed by atoms with van der Waals surface area (Å²) in [5.74, 6) is 0.867. The number of benzene rings is 1. The molecule has 20 heavy (non-hydrogen) atoms. The van der Waals surface area contributed by atoms with Crippen molar-refractivity contribution in [3.05, 3.63) is 28.2 Å². The van der Waals surface area contributed by atoms with E-state index in [1.165, 1.54) is 12.8 Å². The van der Waals surface area contributed by atoms with E-state index in [0.29, 0.717) is 6.42 Å². The van der Waals surface area contributed by atoms with E-state index in [2.05, 4.69) is 33.1 Å². The molecule has 0 radical (unpaired) electrons. The van der Waals surface area contributed by atoms with Crippen LogP contribution in [0.3, 0.4) is 0 Å². The standard InChI is InChI=1S/C16H23BrN2O/c1-12-4-3-8-19(11-12)9-7-16(20)18-14-5-6-15(17)13(2)10-14/h5-6,10,12H,3-4,7-9,11H2,1-2H3,(H,18,20)/t12-/m1/s1. The molecule has 110 valence electrons. The molecule has 2 rings (SSSR count). The van der Waals surface area contributed by atoms with Crippen molar-refractivity contribution in [2.24, 2.45) is 5.92 Å². The highest BCUT2D eigenvalue weighted by molar-refractivity contribution is 9.10. The van der Waals surface area contributed by atoms with Gasteiger partial charge in [-0.1, -0.05) is 22.9 Å². The van der Waals surface area contributed by atoms with Gasteiger partial charge in [-0.05, 0) is 56.0 Å². The van der Waals surface area contributed by atoms with Crippen molar-refractivity contribution in [2.75, 3.05) is 25.0 Å². The second-order valence-corrected chi connectivity index (χ2v) is 6.66. The molecular formula is C16H23BrN2O. The summed E-state index contributed by atoms with van der Waals surface area (Å²) in [6.07, 6.45) is 3.15. The summed E-state index contributed by atoms with van der Waals surface area (Å²) in [6, 6.07) is 5.89. The maximum absolute atomic E-state index is 12.0. The smallest absolute Gasteiger partial charge is 0.225 e. The fraction of sp³-hybridized carbons (Fsp3) is 0.562. The molecule has 1 saturated heterocycles. The fourth-order valence-corrected chi connectivity index (χ4v) is 2.94. The Labute approximate surface area is 129 Å². The van der Waals surface area contributed by atoms with E-state index in [-0.39, 0.29) is 5.91 Å². The molecular weight excluding hydrogens is 316 g/mol. The minimum Gasteiger partial charge on any atom is -0.326 e. The highest BCUT2D eigenvalue weighted by Gasteiger charge is 2.16. The van der Waals surface area contributed by atoms with Gasteiger partial charge in [-0.2, -0.15) is 0 Å². The highest BCUT2D eigenvalue weighted by atomic mass is 79.9. The Morgan fingerprint density at radius 3 is 3.00 bits per heavy atom. The van der Waals surface area contributed by atoms with Crippen LogP contribution in [0, 0.1) is 12.8 Å². The number of nitrogens with zero attached hydrogens (tertiary/aromatic N) is 1. The van der Waals surface area contributed by atoms with Crippen molar-refractivity contribution < 1.29 is 4.79 Å². The van der Waals surface area contributed by atoms with Gasteiger partial charge in [0.25, 0.3) is 0 Å². The molecule has 1 aliphatic rings. The Kier molecular flexibility index (Phi) is 5.61. The Balaban J connectivity index is 1.78. The Bertz CT molecular complexity index is 476. The van der Waals surface area contributed by atoms with Crippen LogP contribution in [0.4, 0.5) is 5.69 Å². The molecule has 0 saturated carbocycles. The zero-order valence-electron chi connectivity index (χ0n) is 12.3. The van der Waals surface area contributed by atoms with Gasteiger partial charge in [0, 0.05) is 29.7 Å². The van der Waals surface area contributed by atoms with Crippen molar-refractivity contribution in [1.82, 2.24) is 4.90 Å². The topological polar surface area (TPSA) is 32.3 Å². The SMILES string of the molecule is Cc1cc(NC(=O)CCN2CCC[C@@H](C)C2)ccc1Br. The Hall–Kier alpha value is -0.870. The third-order valence-electron chi connectivity index (χ3n) is 3.84. The zero-order chi connectivity index (χ0) is 14.5. The second-order valence-electron chi connectivity index (χ2n) is 5.81. The molecule has 0 aromatic heterocycles. The lowest BCUT2D eigenvalue weighted by Crippen LogP contribution is -2.36. The van der Waals surface area contributed by atoms with E-state index in [4.69, 9.17) is 0 Å². The first-order chi connectivity index (χ1) is 9.54. The van der Waals surface area contributed by atoms with Crippen molar-refractivity contribution in [3.8, 4) is 0 Å². The first-order valence-electron chi connectivity index (χ1n) is 7.33. The largest absolute Gasteiger partial charge is 0.326 e. The van der Waals surface area contributed by atoms with Gasteiger partial charge in [-0.3, -0.25) is 4.79 Å². The van der Waals surface area contributed by atoms with Gasteiger partial charge in [-0.15, -0.1) is 0 Å². The van der Waals surface area contributed by atoms with Crippen molar-refractivity contribution in [1.29, 1.82) is 0 Å². The quantitative estimate of drug-likeness (QED) is 0.905. The van der Waals surface area contributed by atoms with E-state index >= 15 is 0 Å². The number of hydrogen-bond acceptors (Lipinski definition) is 2. The van der Waals surface area contributed by atoms with Gasteiger partial charge < -0.3 is 10.2 Å². The van der Waals surface area contributed by atoms with Gasteiger partial charge in [0.1, 0.15) is 0 Å². The number of hydrogen-bond donors (Lipinski definition) is 1. The molecule has 0 unspecified atom stereocenters. The lowest BCUT2D eigenvalue weighted by atomic mass is 10.0. The average molecular weight is 339 g/mol. The lowest BCUT2D eigenvalue weighted by molar-refractivity contribution is -0.116. The summed E-state index contributed by atoms with van der Waals surface area (Å²) >= 11 is 3.46. The van der Waals surface area contributed by atoms with Crippen LogP contribution in [-0.2, 0) is 4.79 Å². The first kappa shape index (κ1) is 15.5. The monoisotopic (exact) mass is 338 g/mol. The zero-order valence-corrected chi connectivity index (χ0v) is 13.9. The van der Waals surface area contributed by atoms with Crippen LogP contribution in [0.1, 0.15) is 31.7 Å². The number of carbonyl (C=O) groups excluding carboxylic acids is 1. The molecule has 1 heterocycles. The molecule has 1 amide bonds. The minimum atomic E-state index is 0.102. The summed E-state index contributed by atoms with van der Waals surface area (Å²) in [5.41, 5.74) is 2.01. The summed E-state index contributed by atoms with van der Waals surface area (Å²) in [5, 5.41) is 2.97. The fourth-order valence-electron chi connectivity index (χ4n) is 2.70. The number of rotatable bonds is 4. The van der Waals surface area contributed by atoms with E-state index in [1.54, 1.807) is 0 Å². The van der Waals surface area contributed by atoms with Crippen LogP contribution in [0.15, 0.2) is 22.7 Å². The molecule has 1 aromatic rings. The highest BCUT2D eigenvalue weighted by Crippen LogP contribution is 2.20. The van der Waals surface area contributed by atoms with Crippen LogP contribution in [0.25, 0.3) is 0 Å². The molecule has 0 aliphatic carbocycles. The Morgan fingerprint density at radius 2 is 2.30 bits per heavy atom. The van der Waals surface area contributed by atoms with Gasteiger partial charge in [0.15, 0.2) is 0 Å². The number of likely N-dealkylation sites (tertiary alicyclic amines) is 1. The maximum atomic E-state index is 12.0. The molecule has 1 atom stereocenters. The van der Waals surface area contributed by atoms with Gasteiger partial charge in [-0.25, -0.2) is 0 Å². The second kappa shape index (κ2) is 7.23. The van der Waals surface area contributed by atoms with Gasteiger partial charge in [0.2, 0.25) is 5.91 Å². The first-order valence-corrected chi connectivity index (χ1v) is 8.12. The predicted octanol–water partition coefficient (Wildman–Crippen LogP) is 3.82. The van der Waals surface area contributed by atoms with Crippen LogP contribution >= 0.6 is 15.9 Å². The third kappa shape index (κ3) is 4.60. The summed E-state index contributed by atoms with van der Waals surface area (Å²) in [4.78, 5) is 14.4. The summed E-state index contributed by atoms with van der Waals surface area (Å²) in [6.45, 7) is 7.44. The number of carbonyl (C=O) groups is 1. The van der Waals surface area contributed by atoms with Crippen LogP contribution < -0.4 is 5.32 Å². The van der Waals surface area contributed by atoms with E-state index in [0.717, 1.165) is 41.3 Å². The molecule has 1 N–H and O–H groups in total. The van der Waals surface area contributed by atoms with E-state index < -0.39 is 0 Å². The molecule has 0 spiro atoms. The Morgan fingerprint density at radius 1 is 1.50 bits per heavy atom. The molecule has 1 fully saturated rings. The van der Waals surface area contributed by atoms with Crippen LogP contribution in [-0.4, -0.2) is 30.4 Å². The molecule has 0 bridgehead atoms. The van der Waals surface area contributed by atoms with Gasteiger partial charge >= 0.3 is 0 Å². The van der Waals surface area contributed by atoms with Crippen molar-refractivity contribution >= 4 is 27.5 Å². The number of anilines is 1. The number of aryl methyl sites for hydroxylation is 1. The molecule has 4 heteroatoms. The number of nitrogens with one attached hydrogen (secondary N) is 1. The number of halogens is 1. The average Bonchev–Trinajstić information content (AvgIpc) is 2.41. The minimum absolute atomic E-state index is 0.102. The molecule has 1 aliphatic heterocycles. The summed E-state index contributed by atoms with van der Waals surface area (Å²) in [7, 11) is 0. The molecule has 3 nitrogen and oxygen atoms in total. The molecule has 1 aromatic carbocycles. The van der Waals surface area contributed by atoms with E-state index in [9.17, 15) is 4.79 Å². The number of amides is 1.